The number of thioether (sulfide) groups is 1. The highest BCUT2D eigenvalue weighted by atomic mass is 79.9. The van der Waals surface area contributed by atoms with Gasteiger partial charge in [0.2, 0.25) is 0 Å². The highest BCUT2D eigenvalue weighted by Crippen LogP contribution is 2.55. The van der Waals surface area contributed by atoms with Gasteiger partial charge in [-0.2, -0.15) is 0 Å². The van der Waals surface area contributed by atoms with Crippen LogP contribution in [-0.2, 0) is 9.53 Å². The van der Waals surface area contributed by atoms with Gasteiger partial charge in [0.15, 0.2) is 0 Å². The minimum Gasteiger partial charge on any atom is -0.466 e. The average molecular weight is 649 g/mol. The molecular weight excluding hydrogens is 617 g/mol. The molecule has 1 aliphatic rings. The molecule has 3 atom stereocenters. The molecule has 0 aliphatic carbocycles. The minimum absolute atomic E-state index is 0.153. The van der Waals surface area contributed by atoms with Crippen LogP contribution in [-0.4, -0.2) is 30.8 Å². The quantitative estimate of drug-likeness (QED) is 0.211. The van der Waals surface area contributed by atoms with Crippen molar-refractivity contribution in [2.75, 3.05) is 18.9 Å². The predicted molar refractivity (Wildman–Crippen MR) is 164 cm³/mol. The standard InChI is InChI=1S/C31H32BrCl2NO3S/c1-3-5-24(19-6-8-21(9-7-19)31(37)35-15-14-28(36)38-4-2)29(20-10-12-22(33)13-11-20)26-18-39-30-25(26)16-23(34)17-27(30)32/h6-13,16-17,24,26,29H,3-5,14-15,18H2,1-2H3,(H,35,37)/t24-,26?,29?/m1/s1. The first kappa shape index (κ1) is 30.0. The zero-order valence-corrected chi connectivity index (χ0v) is 25.9. The van der Waals surface area contributed by atoms with E-state index >= 15 is 0 Å². The van der Waals surface area contributed by atoms with E-state index in [4.69, 9.17) is 27.9 Å². The van der Waals surface area contributed by atoms with Crippen LogP contribution in [0.3, 0.4) is 0 Å². The molecule has 0 saturated heterocycles. The third-order valence-corrected chi connectivity index (χ3v) is 9.71. The van der Waals surface area contributed by atoms with Crippen molar-refractivity contribution in [1.29, 1.82) is 0 Å². The Bertz CT molecular complexity index is 1300. The van der Waals surface area contributed by atoms with E-state index in [2.05, 4.69) is 58.5 Å². The summed E-state index contributed by atoms with van der Waals surface area (Å²) in [6.07, 6.45) is 2.17. The van der Waals surface area contributed by atoms with Crippen molar-refractivity contribution in [2.45, 2.75) is 55.8 Å². The van der Waals surface area contributed by atoms with Crippen LogP contribution in [0.4, 0.5) is 0 Å². The van der Waals surface area contributed by atoms with E-state index in [-0.39, 0.29) is 42.6 Å². The molecule has 8 heteroatoms. The predicted octanol–water partition coefficient (Wildman–Crippen LogP) is 9.00. The van der Waals surface area contributed by atoms with Gasteiger partial charge in [-0.25, -0.2) is 0 Å². The second kappa shape index (κ2) is 14.1. The summed E-state index contributed by atoms with van der Waals surface area (Å²) in [7, 11) is 0. The summed E-state index contributed by atoms with van der Waals surface area (Å²) >= 11 is 18.4. The molecule has 0 saturated carbocycles. The molecule has 39 heavy (non-hydrogen) atoms. The molecule has 1 heterocycles. The van der Waals surface area contributed by atoms with Crippen LogP contribution in [0, 0.1) is 0 Å². The lowest BCUT2D eigenvalue weighted by atomic mass is 9.70. The number of nitrogens with one attached hydrogen (secondary N) is 1. The van der Waals surface area contributed by atoms with Crippen LogP contribution in [0.5, 0.6) is 0 Å². The van der Waals surface area contributed by atoms with Gasteiger partial charge in [0.05, 0.1) is 13.0 Å². The van der Waals surface area contributed by atoms with Crippen molar-refractivity contribution in [3.63, 3.8) is 0 Å². The number of ether oxygens (including phenoxy) is 1. The number of amides is 1. The fourth-order valence-corrected chi connectivity index (χ4v) is 7.97. The molecule has 0 spiro atoms. The molecule has 1 amide bonds. The largest absolute Gasteiger partial charge is 0.466 e. The van der Waals surface area contributed by atoms with Crippen molar-refractivity contribution >= 4 is 62.8 Å². The molecule has 4 rings (SSSR count). The fraction of sp³-hybridized carbons (Fsp3) is 0.355. The zero-order valence-electron chi connectivity index (χ0n) is 22.0. The maximum atomic E-state index is 12.7. The number of hydrogen-bond acceptors (Lipinski definition) is 4. The molecule has 0 aromatic heterocycles. The average Bonchev–Trinajstić information content (AvgIpc) is 3.33. The number of rotatable bonds is 11. The Hall–Kier alpha value is -1.99. The molecule has 0 bridgehead atoms. The SMILES string of the molecule is CCC[C@H](c1ccc(C(=O)NCCC(=O)OCC)cc1)C(c1ccc(Cl)cc1)C1CSc2c(Br)cc(Cl)cc21. The van der Waals surface area contributed by atoms with Crippen LogP contribution in [0.15, 0.2) is 70.0 Å². The van der Waals surface area contributed by atoms with Gasteiger partial charge >= 0.3 is 5.97 Å². The normalized spacial score (nSPS) is 15.9. The van der Waals surface area contributed by atoms with E-state index in [0.717, 1.165) is 33.1 Å². The lowest BCUT2D eigenvalue weighted by Gasteiger charge is -2.33. The molecule has 0 radical (unpaired) electrons. The second-order valence-corrected chi connectivity index (χ2v) is 12.4. The molecule has 206 valence electrons. The Labute approximate surface area is 253 Å². The van der Waals surface area contributed by atoms with E-state index in [1.807, 2.05) is 42.1 Å². The van der Waals surface area contributed by atoms with Gasteiger partial charge in [-0.05, 0) is 94.2 Å². The Morgan fingerprint density at radius 3 is 2.38 bits per heavy atom. The van der Waals surface area contributed by atoms with Gasteiger partial charge in [-0.3, -0.25) is 9.59 Å². The first-order chi connectivity index (χ1) is 18.8. The number of halogens is 3. The molecule has 2 unspecified atom stereocenters. The molecular formula is C31H32BrCl2NO3S. The van der Waals surface area contributed by atoms with Crippen molar-refractivity contribution < 1.29 is 14.3 Å². The molecule has 3 aromatic rings. The van der Waals surface area contributed by atoms with Crippen LogP contribution in [0.1, 0.15) is 77.9 Å². The monoisotopic (exact) mass is 647 g/mol. The van der Waals surface area contributed by atoms with E-state index in [1.165, 1.54) is 21.6 Å². The smallest absolute Gasteiger partial charge is 0.307 e. The Morgan fingerprint density at radius 1 is 1.03 bits per heavy atom. The minimum atomic E-state index is -0.316. The summed E-state index contributed by atoms with van der Waals surface area (Å²) in [5.74, 6) is 1.14. The number of esters is 1. The number of hydrogen-bond donors (Lipinski definition) is 1. The van der Waals surface area contributed by atoms with Crippen LogP contribution in [0.25, 0.3) is 0 Å². The summed E-state index contributed by atoms with van der Waals surface area (Å²) in [4.78, 5) is 25.5. The maximum Gasteiger partial charge on any atom is 0.307 e. The van der Waals surface area contributed by atoms with Crippen LogP contribution >= 0.6 is 50.9 Å². The van der Waals surface area contributed by atoms with Gasteiger partial charge in [-0.15, -0.1) is 11.8 Å². The summed E-state index contributed by atoms with van der Waals surface area (Å²) in [5, 5.41) is 4.26. The number of benzene rings is 3. The van der Waals surface area contributed by atoms with Crippen molar-refractivity contribution in [1.82, 2.24) is 5.32 Å². The van der Waals surface area contributed by atoms with Crippen molar-refractivity contribution in [2.24, 2.45) is 0 Å². The lowest BCUT2D eigenvalue weighted by molar-refractivity contribution is -0.142. The molecule has 1 aliphatic heterocycles. The van der Waals surface area contributed by atoms with Crippen LogP contribution in [0.2, 0.25) is 10.0 Å². The van der Waals surface area contributed by atoms with E-state index < -0.39 is 0 Å². The third kappa shape index (κ3) is 7.40. The van der Waals surface area contributed by atoms with Gasteiger partial charge < -0.3 is 10.1 Å². The van der Waals surface area contributed by atoms with E-state index in [9.17, 15) is 9.59 Å². The summed E-state index contributed by atoms with van der Waals surface area (Å²) in [6.45, 7) is 4.55. The van der Waals surface area contributed by atoms with Gasteiger partial charge in [0, 0.05) is 43.2 Å². The summed E-state index contributed by atoms with van der Waals surface area (Å²) in [6, 6.07) is 20.2. The van der Waals surface area contributed by atoms with E-state index in [0.29, 0.717) is 12.2 Å². The summed E-state index contributed by atoms with van der Waals surface area (Å²) < 4.78 is 5.97. The zero-order chi connectivity index (χ0) is 27.9. The second-order valence-electron chi connectivity index (χ2n) is 9.63. The highest BCUT2D eigenvalue weighted by molar-refractivity contribution is 9.10. The van der Waals surface area contributed by atoms with Crippen LogP contribution < -0.4 is 5.32 Å². The fourth-order valence-electron chi connectivity index (χ4n) is 5.36. The van der Waals surface area contributed by atoms with Crippen molar-refractivity contribution in [3.05, 3.63) is 97.4 Å². The maximum absolute atomic E-state index is 12.7. The first-order valence-corrected chi connectivity index (χ1v) is 15.8. The van der Waals surface area contributed by atoms with Gasteiger partial charge in [0.1, 0.15) is 0 Å². The Balaban J connectivity index is 1.64. The Kier molecular flexibility index (Phi) is 10.8. The number of carbonyl (C=O) groups is 2. The Morgan fingerprint density at radius 2 is 1.72 bits per heavy atom. The summed E-state index contributed by atoms with van der Waals surface area (Å²) in [5.41, 5.74) is 4.28. The third-order valence-electron chi connectivity index (χ3n) is 7.09. The molecule has 3 aromatic carbocycles. The number of fused-ring (bicyclic) bond motifs is 1. The molecule has 4 nitrogen and oxygen atoms in total. The lowest BCUT2D eigenvalue weighted by Crippen LogP contribution is -2.26. The van der Waals surface area contributed by atoms with Crippen molar-refractivity contribution in [3.8, 4) is 0 Å². The van der Waals surface area contributed by atoms with Gasteiger partial charge in [-0.1, -0.05) is 60.8 Å². The molecule has 0 fully saturated rings. The molecule has 1 N–H and O–H groups in total. The topological polar surface area (TPSA) is 55.4 Å². The number of carbonyl (C=O) groups excluding carboxylic acids is 2. The van der Waals surface area contributed by atoms with Gasteiger partial charge in [0.25, 0.3) is 5.91 Å². The first-order valence-electron chi connectivity index (χ1n) is 13.2. The van der Waals surface area contributed by atoms with E-state index in [1.54, 1.807) is 6.92 Å². The highest BCUT2D eigenvalue weighted by Gasteiger charge is 2.37.